The second kappa shape index (κ2) is 8.26. The topological polar surface area (TPSA) is 75.1 Å². The van der Waals surface area contributed by atoms with Crippen molar-refractivity contribution in [2.45, 2.75) is 20.4 Å². The van der Waals surface area contributed by atoms with Crippen molar-refractivity contribution < 1.29 is 4.79 Å². The van der Waals surface area contributed by atoms with E-state index in [1.807, 2.05) is 24.8 Å². The van der Waals surface area contributed by atoms with Crippen molar-refractivity contribution in [1.29, 1.82) is 0 Å². The van der Waals surface area contributed by atoms with Gasteiger partial charge >= 0.3 is 0 Å². The van der Waals surface area contributed by atoms with Gasteiger partial charge in [-0.25, -0.2) is 9.97 Å². The third-order valence-electron chi connectivity index (χ3n) is 6.01. The predicted molar refractivity (Wildman–Crippen MR) is 127 cm³/mol. The van der Waals surface area contributed by atoms with E-state index in [0.717, 1.165) is 53.5 Å². The smallest absolute Gasteiger partial charge is 0.268 e. The highest BCUT2D eigenvalue weighted by Crippen LogP contribution is 2.32. The number of carbonyl (C=O) groups excluding carboxylic acids is 1. The van der Waals surface area contributed by atoms with Crippen LogP contribution in [0.15, 0.2) is 36.5 Å². The molecule has 0 bridgehead atoms. The Kier molecular flexibility index (Phi) is 5.31. The zero-order chi connectivity index (χ0) is 21.4. The van der Waals surface area contributed by atoms with E-state index in [0.29, 0.717) is 12.5 Å². The normalized spacial score (nSPS) is 16.1. The summed E-state index contributed by atoms with van der Waals surface area (Å²) in [4.78, 5) is 24.0. The average Bonchev–Trinajstić information content (AvgIpc) is 3.06. The highest BCUT2D eigenvalue weighted by molar-refractivity contribution is 7.99. The summed E-state index contributed by atoms with van der Waals surface area (Å²) in [5.41, 5.74) is 6.80. The molecule has 7 nitrogen and oxygen atoms in total. The van der Waals surface area contributed by atoms with Gasteiger partial charge in [0.25, 0.3) is 5.91 Å². The Morgan fingerprint density at radius 1 is 1.06 bits per heavy atom. The molecule has 0 atom stereocenters. The number of carbonyl (C=O) groups is 1. The fourth-order valence-corrected chi connectivity index (χ4v) is 5.38. The monoisotopic (exact) mass is 434 g/mol. The number of hydrogen-bond donors (Lipinski definition) is 2. The fraction of sp³-hybridized carbons (Fsp3) is 0.348. The summed E-state index contributed by atoms with van der Waals surface area (Å²) >= 11 is 2.01. The van der Waals surface area contributed by atoms with Gasteiger partial charge < -0.3 is 20.1 Å². The van der Waals surface area contributed by atoms with Gasteiger partial charge in [-0.15, -0.1) is 0 Å². The molecule has 31 heavy (non-hydrogen) atoms. The van der Waals surface area contributed by atoms with E-state index >= 15 is 0 Å². The number of rotatable bonds is 4. The molecular formula is C23H26N6OS. The van der Waals surface area contributed by atoms with Crippen LogP contribution in [0.1, 0.15) is 21.7 Å². The molecule has 0 aliphatic carbocycles. The Morgan fingerprint density at radius 2 is 1.84 bits per heavy atom. The number of benzene rings is 1. The number of hydrogen-bond acceptors (Lipinski definition) is 6. The second-order valence-electron chi connectivity index (χ2n) is 7.88. The number of nitrogens with zero attached hydrogens (tertiary/aromatic N) is 4. The van der Waals surface area contributed by atoms with Crippen LogP contribution in [0.5, 0.6) is 0 Å². The van der Waals surface area contributed by atoms with E-state index in [4.69, 9.17) is 4.98 Å². The number of thioether (sulfide) groups is 1. The van der Waals surface area contributed by atoms with E-state index in [9.17, 15) is 4.79 Å². The molecule has 5 rings (SSSR count). The summed E-state index contributed by atoms with van der Waals surface area (Å²) in [5, 5.41) is 6.26. The van der Waals surface area contributed by atoms with Crippen LogP contribution < -0.4 is 15.5 Å². The lowest BCUT2D eigenvalue weighted by molar-refractivity contribution is 0.0926. The molecule has 0 unspecified atom stereocenters. The van der Waals surface area contributed by atoms with Gasteiger partial charge in [-0.3, -0.25) is 4.79 Å². The maximum absolute atomic E-state index is 12.4. The van der Waals surface area contributed by atoms with E-state index in [2.05, 4.69) is 56.3 Å². The molecular weight excluding hydrogens is 408 g/mol. The highest BCUT2D eigenvalue weighted by Gasteiger charge is 2.26. The Morgan fingerprint density at radius 3 is 2.58 bits per heavy atom. The highest BCUT2D eigenvalue weighted by atomic mass is 32.2. The predicted octanol–water partition coefficient (Wildman–Crippen LogP) is 3.60. The van der Waals surface area contributed by atoms with Gasteiger partial charge in [0.05, 0.1) is 5.69 Å². The lowest BCUT2D eigenvalue weighted by Gasteiger charge is -2.28. The van der Waals surface area contributed by atoms with Crippen LogP contribution >= 0.6 is 11.8 Å². The Bertz CT molecular complexity index is 1120. The number of nitrogens with one attached hydrogen (secondary N) is 2. The van der Waals surface area contributed by atoms with Crippen molar-refractivity contribution in [2.75, 3.05) is 41.4 Å². The molecule has 0 radical (unpaired) electrons. The number of fused-ring (bicyclic) bond motifs is 1. The fourth-order valence-electron chi connectivity index (χ4n) is 4.47. The first-order chi connectivity index (χ1) is 15.1. The summed E-state index contributed by atoms with van der Waals surface area (Å²) in [7, 11) is 0. The quantitative estimate of drug-likeness (QED) is 0.654. The van der Waals surface area contributed by atoms with Crippen molar-refractivity contribution in [3.8, 4) is 11.3 Å². The van der Waals surface area contributed by atoms with Crippen LogP contribution in [-0.4, -0.2) is 51.6 Å². The largest absolute Gasteiger partial charge is 0.370 e. The van der Waals surface area contributed by atoms with Gasteiger partial charge in [0.2, 0.25) is 5.95 Å². The summed E-state index contributed by atoms with van der Waals surface area (Å²) in [6, 6.07) is 10.4. The van der Waals surface area contributed by atoms with Crippen molar-refractivity contribution in [2.24, 2.45) is 0 Å². The van der Waals surface area contributed by atoms with Gasteiger partial charge in [-0.2, -0.15) is 11.8 Å². The molecule has 2 aromatic heterocycles. The molecule has 1 saturated heterocycles. The lowest BCUT2D eigenvalue weighted by atomic mass is 10.1. The maximum atomic E-state index is 12.4. The molecule has 1 amide bonds. The molecule has 0 spiro atoms. The third-order valence-corrected chi connectivity index (χ3v) is 6.96. The summed E-state index contributed by atoms with van der Waals surface area (Å²) in [6.07, 6.45) is 1.76. The summed E-state index contributed by atoms with van der Waals surface area (Å²) < 4.78 is 2.09. The zero-order valence-corrected chi connectivity index (χ0v) is 18.6. The van der Waals surface area contributed by atoms with Gasteiger partial charge in [0.15, 0.2) is 0 Å². The van der Waals surface area contributed by atoms with Crippen LogP contribution in [0.3, 0.4) is 0 Å². The maximum Gasteiger partial charge on any atom is 0.268 e. The molecule has 2 aliphatic rings. The van der Waals surface area contributed by atoms with Crippen molar-refractivity contribution in [3.05, 3.63) is 53.5 Å². The molecule has 8 heteroatoms. The minimum absolute atomic E-state index is 0.0158. The summed E-state index contributed by atoms with van der Waals surface area (Å²) in [5.74, 6) is 2.90. The zero-order valence-electron chi connectivity index (χ0n) is 17.8. The van der Waals surface area contributed by atoms with Crippen molar-refractivity contribution in [1.82, 2.24) is 19.9 Å². The second-order valence-corrected chi connectivity index (χ2v) is 9.10. The third kappa shape index (κ3) is 3.76. The van der Waals surface area contributed by atoms with Crippen LogP contribution in [0.25, 0.3) is 11.3 Å². The van der Waals surface area contributed by atoms with Gasteiger partial charge in [-0.1, -0.05) is 0 Å². The van der Waals surface area contributed by atoms with E-state index in [1.54, 1.807) is 6.20 Å². The molecule has 2 aliphatic heterocycles. The van der Waals surface area contributed by atoms with Gasteiger partial charge in [-0.05, 0) is 49.7 Å². The van der Waals surface area contributed by atoms with E-state index in [1.165, 1.54) is 17.2 Å². The first kappa shape index (κ1) is 19.9. The number of amides is 1. The van der Waals surface area contributed by atoms with Crippen LogP contribution in [0.2, 0.25) is 0 Å². The molecule has 0 saturated carbocycles. The van der Waals surface area contributed by atoms with Crippen LogP contribution in [0, 0.1) is 13.8 Å². The minimum Gasteiger partial charge on any atom is -0.370 e. The SMILES string of the molecule is Cc1c(-c2ccnc(Nc3ccc(N4CCSCC4)cc3)n2)c(C)n2c1C(=O)NCC2. The van der Waals surface area contributed by atoms with Gasteiger partial charge in [0.1, 0.15) is 5.69 Å². The molecule has 4 heterocycles. The summed E-state index contributed by atoms with van der Waals surface area (Å²) in [6.45, 7) is 7.68. The van der Waals surface area contributed by atoms with Crippen LogP contribution in [0.4, 0.5) is 17.3 Å². The average molecular weight is 435 g/mol. The first-order valence-electron chi connectivity index (χ1n) is 10.6. The van der Waals surface area contributed by atoms with Gasteiger partial charge in [0, 0.05) is 66.5 Å². The molecule has 3 aromatic rings. The lowest BCUT2D eigenvalue weighted by Crippen LogP contribution is -2.35. The molecule has 1 aromatic carbocycles. The Labute approximate surface area is 186 Å². The van der Waals surface area contributed by atoms with Crippen molar-refractivity contribution in [3.63, 3.8) is 0 Å². The Balaban J connectivity index is 1.40. The standard InChI is InChI=1S/C23H26N6OS/c1-15-20(16(2)29-10-9-24-22(30)21(15)29)19-7-8-25-23(27-19)26-17-3-5-18(6-4-17)28-11-13-31-14-12-28/h3-8H,9-14H2,1-2H3,(H,24,30)(H,25,26,27). The number of anilines is 3. The molecule has 160 valence electrons. The van der Waals surface area contributed by atoms with Crippen molar-refractivity contribution >= 4 is 35.0 Å². The molecule has 2 N–H and O–H groups in total. The van der Waals surface area contributed by atoms with E-state index < -0.39 is 0 Å². The van der Waals surface area contributed by atoms with E-state index in [-0.39, 0.29) is 5.91 Å². The first-order valence-corrected chi connectivity index (χ1v) is 11.8. The van der Waals surface area contributed by atoms with Crippen LogP contribution in [-0.2, 0) is 6.54 Å². The minimum atomic E-state index is -0.0158. The molecule has 1 fully saturated rings. The number of aromatic nitrogens is 3. The Hall–Kier alpha value is -3.00.